The molecule has 4 amide bonds. The molecule has 1 heterocycles. The second-order valence-electron chi connectivity index (χ2n) is 7.21. The fourth-order valence-electron chi connectivity index (χ4n) is 4.06. The van der Waals surface area contributed by atoms with Crippen molar-refractivity contribution in [2.45, 2.75) is 37.2 Å². The number of rotatable bonds is 3. The number of fused-ring (bicyclic) bond motifs is 3. The highest BCUT2D eigenvalue weighted by Gasteiger charge is 2.67. The van der Waals surface area contributed by atoms with Crippen LogP contribution in [0.3, 0.4) is 0 Å². The third-order valence-corrected chi connectivity index (χ3v) is 5.41. The lowest BCUT2D eigenvalue weighted by Gasteiger charge is -2.21. The number of ketones is 1. The van der Waals surface area contributed by atoms with Gasteiger partial charge in [-0.25, -0.2) is 14.5 Å². The number of carbonyl (C=O) groups is 4. The average Bonchev–Trinajstić information content (AvgIpc) is 3.27. The predicted molar refractivity (Wildman–Crippen MR) is 90.6 cm³/mol. The van der Waals surface area contributed by atoms with Gasteiger partial charge in [0.15, 0.2) is 0 Å². The lowest BCUT2D eigenvalue weighted by molar-refractivity contribution is -0.139. The normalized spacial score (nSPS) is 24.6. The molecule has 1 saturated carbocycles. The lowest BCUT2D eigenvalue weighted by Crippen LogP contribution is -2.39. The van der Waals surface area contributed by atoms with Gasteiger partial charge in [0.25, 0.3) is 5.91 Å². The number of amides is 4. The van der Waals surface area contributed by atoms with Crippen molar-refractivity contribution in [3.05, 3.63) is 29.3 Å². The maximum Gasteiger partial charge on any atom is 0.418 e. The summed E-state index contributed by atoms with van der Waals surface area (Å²) < 4.78 is 5.57. The summed E-state index contributed by atoms with van der Waals surface area (Å²) in [6.07, 6.45) is 1.39. The molecule has 1 atom stereocenters. The molecule has 0 radical (unpaired) electrons. The molecule has 1 unspecified atom stereocenters. The molecular weight excluding hydrogens is 338 g/mol. The molecule has 4 rings (SSSR count). The highest BCUT2D eigenvalue weighted by atomic mass is 16.6. The van der Waals surface area contributed by atoms with Gasteiger partial charge in [-0.1, -0.05) is 6.07 Å². The van der Waals surface area contributed by atoms with E-state index in [1.165, 1.54) is 14.0 Å². The van der Waals surface area contributed by atoms with Gasteiger partial charge in [-0.15, -0.1) is 0 Å². The van der Waals surface area contributed by atoms with Crippen molar-refractivity contribution < 1.29 is 23.9 Å². The first kappa shape index (κ1) is 16.6. The number of hydrogen-bond acceptors (Lipinski definition) is 5. The van der Waals surface area contributed by atoms with Crippen LogP contribution in [0, 0.1) is 0 Å². The predicted octanol–water partition coefficient (Wildman–Crippen LogP) is 1.64. The maximum atomic E-state index is 13.0. The quantitative estimate of drug-likeness (QED) is 0.856. The van der Waals surface area contributed by atoms with Gasteiger partial charge in [-0.05, 0) is 37.5 Å². The van der Waals surface area contributed by atoms with Crippen LogP contribution in [-0.4, -0.2) is 42.3 Å². The molecule has 8 nitrogen and oxygen atoms in total. The number of Topliss-reactive ketones (excluding diaryl/α,β-unsaturated/α-hetero) is 1. The van der Waals surface area contributed by atoms with Crippen molar-refractivity contribution >= 4 is 29.5 Å². The second-order valence-corrected chi connectivity index (χ2v) is 7.21. The summed E-state index contributed by atoms with van der Waals surface area (Å²) in [5.41, 5.74) is 0.629. The number of anilines is 1. The van der Waals surface area contributed by atoms with Crippen molar-refractivity contribution in [1.29, 1.82) is 0 Å². The summed E-state index contributed by atoms with van der Waals surface area (Å²) in [4.78, 5) is 49.1. The number of benzene rings is 1. The molecule has 0 bridgehead atoms. The molecule has 2 N–H and O–H groups in total. The first-order valence-electron chi connectivity index (χ1n) is 8.49. The lowest BCUT2D eigenvalue weighted by atomic mass is 9.94. The van der Waals surface area contributed by atoms with Crippen LogP contribution < -0.4 is 10.6 Å². The second kappa shape index (κ2) is 5.30. The van der Waals surface area contributed by atoms with Crippen LogP contribution in [0.1, 0.15) is 37.3 Å². The zero-order valence-electron chi connectivity index (χ0n) is 14.5. The van der Waals surface area contributed by atoms with Gasteiger partial charge in [0.2, 0.25) is 5.60 Å². The highest BCUT2D eigenvalue weighted by Crippen LogP contribution is 2.64. The van der Waals surface area contributed by atoms with Crippen molar-refractivity contribution in [2.75, 3.05) is 18.9 Å². The van der Waals surface area contributed by atoms with Crippen molar-refractivity contribution in [2.24, 2.45) is 0 Å². The fraction of sp³-hybridized carbons (Fsp3) is 0.444. The van der Waals surface area contributed by atoms with Gasteiger partial charge in [0.1, 0.15) is 5.78 Å². The minimum Gasteiger partial charge on any atom is -0.427 e. The van der Waals surface area contributed by atoms with Crippen molar-refractivity contribution in [3.8, 4) is 0 Å². The Morgan fingerprint density at radius 3 is 2.58 bits per heavy atom. The summed E-state index contributed by atoms with van der Waals surface area (Å²) in [7, 11) is 1.53. The molecular formula is C18H19N3O5. The van der Waals surface area contributed by atoms with Crippen LogP contribution in [0.25, 0.3) is 0 Å². The molecule has 8 heteroatoms. The summed E-state index contributed by atoms with van der Waals surface area (Å²) in [6, 6.07) is 4.93. The fourth-order valence-corrected chi connectivity index (χ4v) is 4.06. The molecule has 2 spiro atoms. The van der Waals surface area contributed by atoms with E-state index in [0.29, 0.717) is 17.7 Å². The summed E-state index contributed by atoms with van der Waals surface area (Å²) >= 11 is 0. The molecule has 1 aromatic carbocycles. The molecule has 0 aromatic heterocycles. The van der Waals surface area contributed by atoms with Gasteiger partial charge < -0.3 is 15.4 Å². The summed E-state index contributed by atoms with van der Waals surface area (Å²) in [5, 5.41) is 5.21. The zero-order valence-corrected chi connectivity index (χ0v) is 14.5. The van der Waals surface area contributed by atoms with Crippen LogP contribution >= 0.6 is 0 Å². The Hall–Kier alpha value is -2.90. The Morgan fingerprint density at radius 2 is 1.96 bits per heavy atom. The average molecular weight is 357 g/mol. The van der Waals surface area contributed by atoms with Crippen LogP contribution in [0.4, 0.5) is 15.3 Å². The minimum atomic E-state index is -1.36. The standard InChI is InChI=1S/C18H19N3O5/c1-10(22)8-21-14(23)18(26-16(21)25)9-17(5-6-17)13-7-11(3-4-12(13)18)20-15(24)19-2/h3-4,7H,5-6,8-9H2,1-2H3,(H2,19,20,24). The van der Waals surface area contributed by atoms with E-state index >= 15 is 0 Å². The maximum absolute atomic E-state index is 13.0. The van der Waals surface area contributed by atoms with Gasteiger partial charge in [0.05, 0.1) is 6.54 Å². The summed E-state index contributed by atoms with van der Waals surface area (Å²) in [5.74, 6) is -0.758. The first-order valence-corrected chi connectivity index (χ1v) is 8.49. The van der Waals surface area contributed by atoms with Crippen molar-refractivity contribution in [1.82, 2.24) is 10.2 Å². The molecule has 3 aliphatic rings. The number of ether oxygens (including phenoxy) is 1. The highest BCUT2D eigenvalue weighted by molar-refractivity contribution is 6.06. The molecule has 1 aliphatic heterocycles. The minimum absolute atomic E-state index is 0.210. The number of imide groups is 1. The molecule has 2 fully saturated rings. The molecule has 1 saturated heterocycles. The topological polar surface area (TPSA) is 105 Å². The number of urea groups is 1. The van der Waals surface area contributed by atoms with Gasteiger partial charge in [-0.2, -0.15) is 0 Å². The van der Waals surface area contributed by atoms with E-state index < -0.39 is 17.6 Å². The smallest absolute Gasteiger partial charge is 0.418 e. The van der Waals surface area contributed by atoms with E-state index in [4.69, 9.17) is 4.74 Å². The van der Waals surface area contributed by atoms with E-state index in [9.17, 15) is 19.2 Å². The van der Waals surface area contributed by atoms with E-state index in [1.807, 2.05) is 6.07 Å². The third-order valence-electron chi connectivity index (χ3n) is 5.41. The van der Waals surface area contributed by atoms with E-state index in [1.54, 1.807) is 12.1 Å². The van der Waals surface area contributed by atoms with Gasteiger partial charge in [0, 0.05) is 30.1 Å². The molecule has 26 heavy (non-hydrogen) atoms. The third kappa shape index (κ3) is 2.21. The van der Waals surface area contributed by atoms with E-state index in [0.717, 1.165) is 23.3 Å². The van der Waals surface area contributed by atoms with E-state index in [-0.39, 0.29) is 23.8 Å². The first-order chi connectivity index (χ1) is 12.3. The van der Waals surface area contributed by atoms with Gasteiger partial charge in [-0.3, -0.25) is 9.59 Å². The Balaban J connectivity index is 1.74. The SMILES string of the molecule is CNC(=O)Nc1ccc2c(c1)C1(CC1)CC21OC(=O)N(CC(C)=O)C1=O. The van der Waals surface area contributed by atoms with Crippen LogP contribution in [-0.2, 0) is 25.3 Å². The molecule has 2 aliphatic carbocycles. The molecule has 136 valence electrons. The van der Waals surface area contributed by atoms with Crippen LogP contribution in [0.15, 0.2) is 18.2 Å². The van der Waals surface area contributed by atoms with E-state index in [2.05, 4.69) is 10.6 Å². The Kier molecular flexibility index (Phi) is 3.37. The Bertz CT molecular complexity index is 860. The van der Waals surface area contributed by atoms with Crippen molar-refractivity contribution in [3.63, 3.8) is 0 Å². The zero-order chi connectivity index (χ0) is 18.7. The van der Waals surface area contributed by atoms with Gasteiger partial charge >= 0.3 is 12.1 Å². The molecule has 1 aromatic rings. The number of hydrogen-bond donors (Lipinski definition) is 2. The van der Waals surface area contributed by atoms with Crippen LogP contribution in [0.5, 0.6) is 0 Å². The number of carbonyl (C=O) groups excluding carboxylic acids is 4. The Labute approximate surface area is 149 Å². The number of nitrogens with zero attached hydrogens (tertiary/aromatic N) is 1. The monoisotopic (exact) mass is 357 g/mol. The summed E-state index contributed by atoms with van der Waals surface area (Å²) in [6.45, 7) is 1.05. The largest absolute Gasteiger partial charge is 0.427 e. The number of nitrogens with one attached hydrogen (secondary N) is 2. The van der Waals surface area contributed by atoms with Crippen LogP contribution in [0.2, 0.25) is 0 Å². The Morgan fingerprint density at radius 1 is 1.23 bits per heavy atom.